The molecule has 0 bridgehead atoms. The van der Waals surface area contributed by atoms with Gasteiger partial charge in [-0.2, -0.15) is 0 Å². The number of rotatable bonds is 0. The van der Waals surface area contributed by atoms with Crippen LogP contribution in [0.15, 0.2) is 10.5 Å². The van der Waals surface area contributed by atoms with Crippen LogP contribution in [0.1, 0.15) is 11.4 Å². The Labute approximate surface area is 68.0 Å². The maximum absolute atomic E-state index is 9.22. The monoisotopic (exact) mass is 201 g/mol. The van der Waals surface area contributed by atoms with Gasteiger partial charge in [0.25, 0.3) is 0 Å². The fourth-order valence-corrected chi connectivity index (χ4v) is 1.39. The molecule has 1 heterocycles. The Balaban J connectivity index is 3.31. The van der Waals surface area contributed by atoms with E-state index in [1.54, 1.807) is 13.0 Å². The topological polar surface area (TPSA) is 33.1 Å². The SMILES string of the molecule is Cc1cc(Br)c(O)c(C)n1. The maximum Gasteiger partial charge on any atom is 0.150 e. The van der Waals surface area contributed by atoms with Gasteiger partial charge < -0.3 is 5.11 Å². The van der Waals surface area contributed by atoms with Crippen molar-refractivity contribution < 1.29 is 5.11 Å². The first-order chi connectivity index (χ1) is 4.61. The number of aryl methyl sites for hydroxylation is 2. The second kappa shape index (κ2) is 2.58. The Morgan fingerprint density at radius 1 is 1.50 bits per heavy atom. The fraction of sp³-hybridized carbons (Fsp3) is 0.286. The summed E-state index contributed by atoms with van der Waals surface area (Å²) in [6.07, 6.45) is 0. The van der Waals surface area contributed by atoms with Crippen molar-refractivity contribution in [1.82, 2.24) is 4.98 Å². The molecule has 0 unspecified atom stereocenters. The van der Waals surface area contributed by atoms with Crippen molar-refractivity contribution in [2.24, 2.45) is 0 Å². The molecular weight excluding hydrogens is 194 g/mol. The first-order valence-electron chi connectivity index (χ1n) is 2.94. The van der Waals surface area contributed by atoms with Crippen molar-refractivity contribution in [3.05, 3.63) is 21.9 Å². The summed E-state index contributed by atoms with van der Waals surface area (Å²) < 4.78 is 0.706. The molecule has 0 aliphatic heterocycles. The lowest BCUT2D eigenvalue weighted by Crippen LogP contribution is -1.86. The van der Waals surface area contributed by atoms with Gasteiger partial charge in [-0.25, -0.2) is 0 Å². The summed E-state index contributed by atoms with van der Waals surface area (Å²) in [5.74, 6) is 0.227. The van der Waals surface area contributed by atoms with Crippen molar-refractivity contribution in [2.45, 2.75) is 13.8 Å². The predicted molar refractivity (Wildman–Crippen MR) is 43.1 cm³/mol. The highest BCUT2D eigenvalue weighted by Crippen LogP contribution is 2.25. The van der Waals surface area contributed by atoms with Gasteiger partial charge in [-0.1, -0.05) is 0 Å². The average Bonchev–Trinajstić information content (AvgIpc) is 1.82. The molecule has 2 nitrogen and oxygen atoms in total. The molecule has 54 valence electrons. The van der Waals surface area contributed by atoms with Crippen molar-refractivity contribution in [2.75, 3.05) is 0 Å². The number of nitrogens with zero attached hydrogens (tertiary/aromatic N) is 1. The fourth-order valence-electron chi connectivity index (χ4n) is 0.774. The molecule has 0 spiro atoms. The van der Waals surface area contributed by atoms with Crippen LogP contribution in [0.2, 0.25) is 0 Å². The van der Waals surface area contributed by atoms with Gasteiger partial charge >= 0.3 is 0 Å². The molecule has 1 rings (SSSR count). The molecule has 0 aliphatic carbocycles. The average molecular weight is 202 g/mol. The molecule has 3 heteroatoms. The smallest absolute Gasteiger partial charge is 0.150 e. The third kappa shape index (κ3) is 1.29. The van der Waals surface area contributed by atoms with Crippen molar-refractivity contribution >= 4 is 15.9 Å². The molecule has 0 amide bonds. The van der Waals surface area contributed by atoms with E-state index in [2.05, 4.69) is 20.9 Å². The van der Waals surface area contributed by atoms with Crippen molar-refractivity contribution in [1.29, 1.82) is 0 Å². The molecule has 0 saturated carbocycles. The first-order valence-corrected chi connectivity index (χ1v) is 3.73. The minimum Gasteiger partial charge on any atom is -0.505 e. The van der Waals surface area contributed by atoms with Crippen LogP contribution in [-0.4, -0.2) is 10.1 Å². The van der Waals surface area contributed by atoms with E-state index in [-0.39, 0.29) is 5.75 Å². The summed E-state index contributed by atoms with van der Waals surface area (Å²) in [6.45, 7) is 3.66. The van der Waals surface area contributed by atoms with Crippen LogP contribution in [-0.2, 0) is 0 Å². The number of aromatic nitrogens is 1. The Hall–Kier alpha value is -0.570. The minimum atomic E-state index is 0.227. The first kappa shape index (κ1) is 7.54. The van der Waals surface area contributed by atoms with Gasteiger partial charge in [0, 0.05) is 5.69 Å². The third-order valence-corrected chi connectivity index (χ3v) is 1.85. The molecule has 10 heavy (non-hydrogen) atoms. The zero-order valence-corrected chi connectivity index (χ0v) is 7.44. The molecule has 0 radical (unpaired) electrons. The molecule has 1 aromatic heterocycles. The zero-order valence-electron chi connectivity index (χ0n) is 5.85. The van der Waals surface area contributed by atoms with Gasteiger partial charge in [-0.15, -0.1) is 0 Å². The molecule has 1 aromatic rings. The second-order valence-corrected chi connectivity index (χ2v) is 3.03. The van der Waals surface area contributed by atoms with E-state index in [0.717, 1.165) is 5.69 Å². The number of pyridine rings is 1. The summed E-state index contributed by atoms with van der Waals surface area (Å²) in [5, 5.41) is 9.22. The van der Waals surface area contributed by atoms with E-state index in [1.165, 1.54) is 0 Å². The number of hydrogen-bond acceptors (Lipinski definition) is 2. The highest BCUT2D eigenvalue weighted by atomic mass is 79.9. The lowest BCUT2D eigenvalue weighted by atomic mass is 10.3. The van der Waals surface area contributed by atoms with Crippen LogP contribution in [0.4, 0.5) is 0 Å². The summed E-state index contributed by atoms with van der Waals surface area (Å²) in [6, 6.07) is 1.78. The third-order valence-electron chi connectivity index (χ3n) is 1.25. The normalized spacial score (nSPS) is 9.90. The summed E-state index contributed by atoms with van der Waals surface area (Å²) in [5.41, 5.74) is 1.56. The lowest BCUT2D eigenvalue weighted by molar-refractivity contribution is 0.463. The Kier molecular flexibility index (Phi) is 1.94. The number of halogens is 1. The zero-order chi connectivity index (χ0) is 7.72. The van der Waals surface area contributed by atoms with Gasteiger partial charge in [0.05, 0.1) is 10.2 Å². The summed E-state index contributed by atoms with van der Waals surface area (Å²) >= 11 is 3.21. The standard InChI is InChI=1S/C7H8BrNO/c1-4-3-6(8)7(10)5(2)9-4/h3,10H,1-2H3. The van der Waals surface area contributed by atoms with E-state index in [0.29, 0.717) is 10.2 Å². The molecule has 1 N–H and O–H groups in total. The Morgan fingerprint density at radius 3 is 2.60 bits per heavy atom. The van der Waals surface area contributed by atoms with Crippen LogP contribution in [0.25, 0.3) is 0 Å². The highest BCUT2D eigenvalue weighted by molar-refractivity contribution is 9.10. The highest BCUT2D eigenvalue weighted by Gasteiger charge is 2.02. The van der Waals surface area contributed by atoms with Gasteiger partial charge in [-0.3, -0.25) is 4.98 Å². The summed E-state index contributed by atoms with van der Waals surface area (Å²) in [4.78, 5) is 4.05. The molecule has 0 aromatic carbocycles. The van der Waals surface area contributed by atoms with E-state index in [1.807, 2.05) is 6.92 Å². The molecule has 0 saturated heterocycles. The predicted octanol–water partition coefficient (Wildman–Crippen LogP) is 2.17. The van der Waals surface area contributed by atoms with Gasteiger partial charge in [0.1, 0.15) is 0 Å². The molecule has 0 fully saturated rings. The van der Waals surface area contributed by atoms with Crippen LogP contribution < -0.4 is 0 Å². The number of aromatic hydroxyl groups is 1. The minimum absolute atomic E-state index is 0.227. The molecule has 0 atom stereocenters. The largest absolute Gasteiger partial charge is 0.505 e. The van der Waals surface area contributed by atoms with Crippen LogP contribution in [0.3, 0.4) is 0 Å². The van der Waals surface area contributed by atoms with Crippen molar-refractivity contribution in [3.8, 4) is 5.75 Å². The molecule has 0 aliphatic rings. The van der Waals surface area contributed by atoms with Crippen molar-refractivity contribution in [3.63, 3.8) is 0 Å². The van der Waals surface area contributed by atoms with Crippen LogP contribution in [0.5, 0.6) is 5.75 Å². The van der Waals surface area contributed by atoms with E-state index in [4.69, 9.17) is 0 Å². The van der Waals surface area contributed by atoms with E-state index < -0.39 is 0 Å². The van der Waals surface area contributed by atoms with E-state index >= 15 is 0 Å². The van der Waals surface area contributed by atoms with Gasteiger partial charge in [-0.05, 0) is 35.8 Å². The Morgan fingerprint density at radius 2 is 2.10 bits per heavy atom. The van der Waals surface area contributed by atoms with Gasteiger partial charge in [0.2, 0.25) is 0 Å². The van der Waals surface area contributed by atoms with Gasteiger partial charge in [0.15, 0.2) is 5.75 Å². The summed E-state index contributed by atoms with van der Waals surface area (Å²) in [7, 11) is 0. The second-order valence-electron chi connectivity index (χ2n) is 2.18. The van der Waals surface area contributed by atoms with Crippen LogP contribution >= 0.6 is 15.9 Å². The lowest BCUT2D eigenvalue weighted by Gasteiger charge is -2.00. The van der Waals surface area contributed by atoms with E-state index in [9.17, 15) is 5.11 Å². The Bertz CT molecular complexity index is 237. The quantitative estimate of drug-likeness (QED) is 0.699. The number of hydrogen-bond donors (Lipinski definition) is 1. The van der Waals surface area contributed by atoms with Crippen LogP contribution in [0, 0.1) is 13.8 Å². The maximum atomic E-state index is 9.22. The molecular formula is C7H8BrNO.